The van der Waals surface area contributed by atoms with E-state index in [9.17, 15) is 0 Å². The Morgan fingerprint density at radius 2 is 2.42 bits per heavy atom. The molecule has 64 valence electrons. The monoisotopic (exact) mass is 227 g/mol. The van der Waals surface area contributed by atoms with Crippen molar-refractivity contribution in [2.75, 3.05) is 13.2 Å². The lowest BCUT2D eigenvalue weighted by atomic mass is 10.0. The summed E-state index contributed by atoms with van der Waals surface area (Å²) in [5, 5.41) is 0. The number of rotatable bonds is 1. The van der Waals surface area contributed by atoms with Crippen LogP contribution >= 0.6 is 15.9 Å². The third kappa shape index (κ3) is 1.67. The second-order valence-corrected chi connectivity index (χ2v) is 3.76. The van der Waals surface area contributed by atoms with Gasteiger partial charge in [-0.05, 0) is 34.5 Å². The molecule has 0 aromatic carbocycles. The molecule has 0 radical (unpaired) electrons. The highest BCUT2D eigenvalue weighted by atomic mass is 79.9. The maximum absolute atomic E-state index is 5.30. The van der Waals surface area contributed by atoms with Crippen LogP contribution in [-0.2, 0) is 4.74 Å². The molecule has 1 aliphatic heterocycles. The third-order valence-electron chi connectivity index (χ3n) is 2.08. The van der Waals surface area contributed by atoms with E-state index in [4.69, 9.17) is 4.74 Å². The Hall–Kier alpha value is -0.410. The molecule has 12 heavy (non-hydrogen) atoms. The molecule has 0 N–H and O–H groups in total. The molecule has 2 nitrogen and oxygen atoms in total. The molecule has 0 bridgehead atoms. The number of hydrogen-bond donors (Lipinski definition) is 0. The molecule has 1 fully saturated rings. The molecule has 3 heteroatoms. The minimum Gasteiger partial charge on any atom is -0.381 e. The van der Waals surface area contributed by atoms with Gasteiger partial charge in [0.15, 0.2) is 0 Å². The van der Waals surface area contributed by atoms with Crippen LogP contribution in [0, 0.1) is 0 Å². The van der Waals surface area contributed by atoms with Gasteiger partial charge in [0.2, 0.25) is 0 Å². The van der Waals surface area contributed by atoms with Crippen molar-refractivity contribution < 1.29 is 4.74 Å². The largest absolute Gasteiger partial charge is 0.381 e. The highest BCUT2D eigenvalue weighted by molar-refractivity contribution is 9.10. The van der Waals surface area contributed by atoms with Crippen LogP contribution in [0.3, 0.4) is 0 Å². The summed E-state index contributed by atoms with van der Waals surface area (Å²) in [6.07, 6.45) is 1.10. The van der Waals surface area contributed by atoms with Crippen LogP contribution in [0.1, 0.15) is 18.0 Å². The van der Waals surface area contributed by atoms with Gasteiger partial charge in [-0.1, -0.05) is 6.07 Å². The zero-order valence-corrected chi connectivity index (χ0v) is 8.25. The highest BCUT2D eigenvalue weighted by Gasteiger charge is 2.18. The summed E-state index contributed by atoms with van der Waals surface area (Å²) in [6, 6.07) is 6.02. The van der Waals surface area contributed by atoms with Crippen molar-refractivity contribution in [2.24, 2.45) is 0 Å². The number of pyridine rings is 1. The molecule has 1 aromatic rings. The van der Waals surface area contributed by atoms with Gasteiger partial charge in [0.1, 0.15) is 4.60 Å². The molecule has 0 amide bonds. The number of nitrogens with zero attached hydrogens (tertiary/aromatic N) is 1. The molecule has 0 spiro atoms. The van der Waals surface area contributed by atoms with Gasteiger partial charge in [0.05, 0.1) is 6.61 Å². The normalized spacial score (nSPS) is 22.9. The molecule has 1 aromatic heterocycles. The molecule has 1 aliphatic rings. The minimum absolute atomic E-state index is 0.502. The fourth-order valence-electron chi connectivity index (χ4n) is 1.42. The van der Waals surface area contributed by atoms with Crippen molar-refractivity contribution in [1.29, 1.82) is 0 Å². The Morgan fingerprint density at radius 1 is 1.50 bits per heavy atom. The van der Waals surface area contributed by atoms with Gasteiger partial charge in [-0.25, -0.2) is 4.98 Å². The van der Waals surface area contributed by atoms with Crippen LogP contribution in [0.4, 0.5) is 0 Å². The summed E-state index contributed by atoms with van der Waals surface area (Å²) >= 11 is 3.36. The standard InChI is InChI=1S/C9H10BrNO/c10-9-3-1-2-8(11-9)7-4-5-12-6-7/h1-3,7H,4-6H2. The Morgan fingerprint density at radius 3 is 3.08 bits per heavy atom. The van der Waals surface area contributed by atoms with E-state index in [0.717, 1.165) is 29.9 Å². The zero-order valence-electron chi connectivity index (χ0n) is 6.66. The maximum atomic E-state index is 5.30. The quantitative estimate of drug-likeness (QED) is 0.688. The predicted molar refractivity (Wildman–Crippen MR) is 50.1 cm³/mol. The number of halogens is 1. The van der Waals surface area contributed by atoms with Gasteiger partial charge < -0.3 is 4.74 Å². The van der Waals surface area contributed by atoms with Gasteiger partial charge in [-0.2, -0.15) is 0 Å². The first kappa shape index (κ1) is 8.20. The van der Waals surface area contributed by atoms with Crippen molar-refractivity contribution in [2.45, 2.75) is 12.3 Å². The van der Waals surface area contributed by atoms with Crippen LogP contribution in [0.5, 0.6) is 0 Å². The van der Waals surface area contributed by atoms with E-state index in [-0.39, 0.29) is 0 Å². The van der Waals surface area contributed by atoms with Gasteiger partial charge in [0.25, 0.3) is 0 Å². The van der Waals surface area contributed by atoms with E-state index in [1.165, 1.54) is 0 Å². The molecule has 2 heterocycles. The molecule has 1 unspecified atom stereocenters. The minimum atomic E-state index is 0.502. The van der Waals surface area contributed by atoms with Crippen molar-refractivity contribution in [3.63, 3.8) is 0 Å². The summed E-state index contributed by atoms with van der Waals surface area (Å²) in [4.78, 5) is 4.39. The fraction of sp³-hybridized carbons (Fsp3) is 0.444. The van der Waals surface area contributed by atoms with Crippen LogP contribution < -0.4 is 0 Å². The molecular weight excluding hydrogens is 218 g/mol. The lowest BCUT2D eigenvalue weighted by molar-refractivity contribution is 0.193. The molecular formula is C9H10BrNO. The predicted octanol–water partition coefficient (Wildman–Crippen LogP) is 2.35. The summed E-state index contributed by atoms with van der Waals surface area (Å²) in [5.74, 6) is 0.502. The number of hydrogen-bond acceptors (Lipinski definition) is 2. The summed E-state index contributed by atoms with van der Waals surface area (Å²) in [5.41, 5.74) is 1.14. The molecule has 2 rings (SSSR count). The Balaban J connectivity index is 2.21. The first-order valence-corrected chi connectivity index (χ1v) is 4.86. The van der Waals surface area contributed by atoms with E-state index in [0.29, 0.717) is 5.92 Å². The molecule has 1 atom stereocenters. The van der Waals surface area contributed by atoms with E-state index in [1.807, 2.05) is 12.1 Å². The lowest BCUT2D eigenvalue weighted by Crippen LogP contribution is -2.00. The summed E-state index contributed by atoms with van der Waals surface area (Å²) < 4.78 is 6.21. The van der Waals surface area contributed by atoms with Gasteiger partial charge in [0, 0.05) is 18.2 Å². The number of ether oxygens (including phenoxy) is 1. The first-order valence-electron chi connectivity index (χ1n) is 4.06. The Bertz CT molecular complexity index is 271. The average molecular weight is 228 g/mol. The SMILES string of the molecule is Brc1cccc(C2CCOC2)n1. The van der Waals surface area contributed by atoms with Gasteiger partial charge in [-0.3, -0.25) is 0 Å². The second-order valence-electron chi connectivity index (χ2n) is 2.95. The molecule has 0 aliphatic carbocycles. The van der Waals surface area contributed by atoms with Crippen molar-refractivity contribution >= 4 is 15.9 Å². The van der Waals surface area contributed by atoms with Crippen LogP contribution in [-0.4, -0.2) is 18.2 Å². The zero-order chi connectivity index (χ0) is 8.39. The molecule has 1 saturated heterocycles. The smallest absolute Gasteiger partial charge is 0.106 e. The van der Waals surface area contributed by atoms with E-state index < -0.39 is 0 Å². The first-order chi connectivity index (χ1) is 5.86. The topological polar surface area (TPSA) is 22.1 Å². The van der Waals surface area contributed by atoms with Gasteiger partial charge >= 0.3 is 0 Å². The third-order valence-corrected chi connectivity index (χ3v) is 2.53. The van der Waals surface area contributed by atoms with Crippen molar-refractivity contribution in [3.05, 3.63) is 28.5 Å². The van der Waals surface area contributed by atoms with Gasteiger partial charge in [-0.15, -0.1) is 0 Å². The van der Waals surface area contributed by atoms with Crippen LogP contribution in [0.25, 0.3) is 0 Å². The maximum Gasteiger partial charge on any atom is 0.106 e. The summed E-state index contributed by atoms with van der Waals surface area (Å²) in [7, 11) is 0. The van der Waals surface area contributed by atoms with E-state index in [1.54, 1.807) is 0 Å². The van der Waals surface area contributed by atoms with Crippen LogP contribution in [0.15, 0.2) is 22.8 Å². The Labute approximate surface area is 80.1 Å². The fourth-order valence-corrected chi connectivity index (χ4v) is 1.78. The van der Waals surface area contributed by atoms with E-state index >= 15 is 0 Å². The Kier molecular flexibility index (Phi) is 2.42. The van der Waals surface area contributed by atoms with E-state index in [2.05, 4.69) is 27.0 Å². The highest BCUT2D eigenvalue weighted by Crippen LogP contribution is 2.24. The summed E-state index contributed by atoms with van der Waals surface area (Å²) in [6.45, 7) is 1.70. The van der Waals surface area contributed by atoms with Crippen molar-refractivity contribution in [3.8, 4) is 0 Å². The average Bonchev–Trinajstić information content (AvgIpc) is 2.56. The van der Waals surface area contributed by atoms with Crippen molar-refractivity contribution in [1.82, 2.24) is 4.98 Å². The second kappa shape index (κ2) is 3.54. The van der Waals surface area contributed by atoms with Crippen LogP contribution in [0.2, 0.25) is 0 Å². The lowest BCUT2D eigenvalue weighted by Gasteiger charge is -2.05. The number of aromatic nitrogens is 1. The molecule has 0 saturated carbocycles.